The van der Waals surface area contributed by atoms with E-state index in [-0.39, 0.29) is 4.90 Å². The molecule has 2 N–H and O–H groups in total. The van der Waals surface area contributed by atoms with Gasteiger partial charge in [0.15, 0.2) is 0 Å². The number of nitrogens with zero attached hydrogens (tertiary/aromatic N) is 1. The molecule has 0 bridgehead atoms. The maximum atomic E-state index is 11.8. The van der Waals surface area contributed by atoms with E-state index in [2.05, 4.69) is 15.0 Å². The smallest absolute Gasteiger partial charge is 0.240 e. The van der Waals surface area contributed by atoms with Gasteiger partial charge in [-0.3, -0.25) is 4.98 Å². The summed E-state index contributed by atoms with van der Waals surface area (Å²) in [5.74, 6) is 0. The summed E-state index contributed by atoms with van der Waals surface area (Å²) in [6.07, 6.45) is 3.46. The molecule has 1 aromatic heterocycles. The Labute approximate surface area is 119 Å². The van der Waals surface area contributed by atoms with Crippen LogP contribution >= 0.6 is 0 Å². The molecule has 0 radical (unpaired) electrons. The Balaban J connectivity index is 2.22. The number of nitrogens with one attached hydrogen (secondary N) is 2. The van der Waals surface area contributed by atoms with Gasteiger partial charge in [0.05, 0.1) is 4.90 Å². The van der Waals surface area contributed by atoms with Crippen molar-refractivity contribution in [2.24, 2.45) is 0 Å². The average Bonchev–Trinajstić information content (AvgIpc) is 2.47. The van der Waals surface area contributed by atoms with Gasteiger partial charge < -0.3 is 5.32 Å². The first-order valence-corrected chi connectivity index (χ1v) is 7.68. The van der Waals surface area contributed by atoms with Crippen molar-refractivity contribution in [1.82, 2.24) is 9.71 Å². The van der Waals surface area contributed by atoms with Crippen LogP contribution in [0.3, 0.4) is 0 Å². The summed E-state index contributed by atoms with van der Waals surface area (Å²) in [4.78, 5) is 4.21. The number of hydrogen-bond acceptors (Lipinski definition) is 4. The van der Waals surface area contributed by atoms with Crippen LogP contribution in [0.4, 0.5) is 5.69 Å². The lowest BCUT2D eigenvalue weighted by molar-refractivity contribution is 0.588. The molecule has 0 aliphatic rings. The summed E-state index contributed by atoms with van der Waals surface area (Å²) in [6, 6.07) is 8.85. The first kappa shape index (κ1) is 14.5. The Hall–Kier alpha value is -1.92. The van der Waals surface area contributed by atoms with Crippen molar-refractivity contribution in [3.8, 4) is 0 Å². The number of pyridine rings is 1. The van der Waals surface area contributed by atoms with Crippen molar-refractivity contribution in [3.63, 3.8) is 0 Å². The second kappa shape index (κ2) is 6.02. The van der Waals surface area contributed by atoms with Gasteiger partial charge in [0, 0.05) is 24.6 Å². The number of sulfonamides is 1. The highest BCUT2D eigenvalue weighted by atomic mass is 32.2. The highest BCUT2D eigenvalue weighted by Crippen LogP contribution is 2.20. The first-order valence-electron chi connectivity index (χ1n) is 6.20. The third kappa shape index (κ3) is 3.34. The summed E-state index contributed by atoms with van der Waals surface area (Å²) < 4.78 is 25.9. The van der Waals surface area contributed by atoms with Gasteiger partial charge in [-0.1, -0.05) is 6.07 Å². The number of rotatable bonds is 5. The van der Waals surface area contributed by atoms with Crippen molar-refractivity contribution in [2.75, 3.05) is 12.4 Å². The van der Waals surface area contributed by atoms with Gasteiger partial charge in [-0.25, -0.2) is 13.1 Å². The molecule has 0 amide bonds. The average molecular weight is 291 g/mol. The molecule has 0 aliphatic carbocycles. The fourth-order valence-corrected chi connectivity index (χ4v) is 2.53. The van der Waals surface area contributed by atoms with Crippen LogP contribution in [0.1, 0.15) is 11.1 Å². The van der Waals surface area contributed by atoms with Gasteiger partial charge in [0.25, 0.3) is 0 Å². The van der Waals surface area contributed by atoms with Crippen molar-refractivity contribution >= 4 is 15.7 Å². The lowest BCUT2D eigenvalue weighted by atomic mass is 10.2. The van der Waals surface area contributed by atoms with Crippen molar-refractivity contribution < 1.29 is 8.42 Å². The molecule has 1 aromatic carbocycles. The van der Waals surface area contributed by atoms with Crippen LogP contribution in [0, 0.1) is 6.92 Å². The molecule has 106 valence electrons. The Bertz CT molecular complexity index is 685. The number of aryl methyl sites for hydroxylation is 1. The minimum atomic E-state index is -3.42. The van der Waals surface area contributed by atoms with E-state index in [1.807, 2.05) is 19.1 Å². The van der Waals surface area contributed by atoms with E-state index in [1.54, 1.807) is 30.6 Å². The minimum Gasteiger partial charge on any atom is -0.381 e. The maximum Gasteiger partial charge on any atom is 0.240 e. The van der Waals surface area contributed by atoms with Crippen LogP contribution in [0.5, 0.6) is 0 Å². The van der Waals surface area contributed by atoms with Crippen LogP contribution in [-0.2, 0) is 16.6 Å². The van der Waals surface area contributed by atoms with Gasteiger partial charge in [-0.15, -0.1) is 0 Å². The Morgan fingerprint density at radius 2 is 1.85 bits per heavy atom. The largest absolute Gasteiger partial charge is 0.381 e. The topological polar surface area (TPSA) is 71.1 Å². The molecule has 0 atom stereocenters. The first-order chi connectivity index (χ1) is 9.53. The zero-order chi connectivity index (χ0) is 14.6. The van der Waals surface area contributed by atoms with Crippen LogP contribution in [-0.4, -0.2) is 20.4 Å². The Morgan fingerprint density at radius 1 is 1.15 bits per heavy atom. The molecule has 20 heavy (non-hydrogen) atoms. The van der Waals surface area contributed by atoms with Crippen molar-refractivity contribution in [2.45, 2.75) is 18.4 Å². The predicted molar refractivity (Wildman–Crippen MR) is 79.0 cm³/mol. The molecule has 0 unspecified atom stereocenters. The normalized spacial score (nSPS) is 11.3. The zero-order valence-electron chi connectivity index (χ0n) is 11.4. The summed E-state index contributed by atoms with van der Waals surface area (Å²) >= 11 is 0. The third-order valence-electron chi connectivity index (χ3n) is 3.02. The molecule has 0 saturated carbocycles. The quantitative estimate of drug-likeness (QED) is 0.883. The number of anilines is 1. The number of aromatic nitrogens is 1. The molecule has 1 heterocycles. The monoisotopic (exact) mass is 291 g/mol. The molecule has 0 spiro atoms. The summed E-state index contributed by atoms with van der Waals surface area (Å²) in [5.41, 5.74) is 2.88. The van der Waals surface area contributed by atoms with E-state index >= 15 is 0 Å². The van der Waals surface area contributed by atoms with Crippen LogP contribution < -0.4 is 10.0 Å². The Kier molecular flexibility index (Phi) is 4.36. The van der Waals surface area contributed by atoms with Gasteiger partial charge in [0.1, 0.15) is 0 Å². The second-order valence-electron chi connectivity index (χ2n) is 4.39. The van der Waals surface area contributed by atoms with Gasteiger partial charge in [0.2, 0.25) is 10.0 Å². The molecular formula is C14H17N3O2S. The molecule has 5 nitrogen and oxygen atoms in total. The van der Waals surface area contributed by atoms with Gasteiger partial charge in [-0.2, -0.15) is 0 Å². The molecule has 0 fully saturated rings. The Morgan fingerprint density at radius 3 is 2.50 bits per heavy atom. The van der Waals surface area contributed by atoms with Gasteiger partial charge in [-0.05, 0) is 49.4 Å². The van der Waals surface area contributed by atoms with Crippen LogP contribution in [0.25, 0.3) is 0 Å². The molecule has 0 saturated heterocycles. The van der Waals surface area contributed by atoms with Crippen molar-refractivity contribution in [3.05, 3.63) is 53.9 Å². The van der Waals surface area contributed by atoms with E-state index in [1.165, 1.54) is 7.05 Å². The standard InChI is InChI=1S/C14H17N3O2S/c1-11-3-4-13(20(18,19)15-2)9-14(11)17-10-12-5-7-16-8-6-12/h3-9,15,17H,10H2,1-2H3. The highest BCUT2D eigenvalue weighted by molar-refractivity contribution is 7.89. The summed E-state index contributed by atoms with van der Waals surface area (Å²) in [7, 11) is -2.02. The lowest BCUT2D eigenvalue weighted by Gasteiger charge is -2.11. The number of hydrogen-bond donors (Lipinski definition) is 2. The van der Waals surface area contributed by atoms with E-state index in [0.717, 1.165) is 16.8 Å². The SMILES string of the molecule is CNS(=O)(=O)c1ccc(C)c(NCc2ccncc2)c1. The fraction of sp³-hybridized carbons (Fsp3) is 0.214. The zero-order valence-corrected chi connectivity index (χ0v) is 12.2. The fourth-order valence-electron chi connectivity index (χ4n) is 1.77. The predicted octanol–water partition coefficient (Wildman–Crippen LogP) is 1.91. The van der Waals surface area contributed by atoms with Crippen LogP contribution in [0.2, 0.25) is 0 Å². The molecular weight excluding hydrogens is 274 g/mol. The minimum absolute atomic E-state index is 0.253. The second-order valence-corrected chi connectivity index (χ2v) is 6.28. The van der Waals surface area contributed by atoms with E-state index in [0.29, 0.717) is 6.54 Å². The highest BCUT2D eigenvalue weighted by Gasteiger charge is 2.12. The lowest BCUT2D eigenvalue weighted by Crippen LogP contribution is -2.18. The third-order valence-corrected chi connectivity index (χ3v) is 4.43. The van der Waals surface area contributed by atoms with Crippen LogP contribution in [0.15, 0.2) is 47.6 Å². The van der Waals surface area contributed by atoms with E-state index in [9.17, 15) is 8.42 Å². The number of benzene rings is 1. The summed E-state index contributed by atoms with van der Waals surface area (Å²) in [6.45, 7) is 2.55. The van der Waals surface area contributed by atoms with Gasteiger partial charge >= 0.3 is 0 Å². The molecule has 6 heteroatoms. The van der Waals surface area contributed by atoms with E-state index < -0.39 is 10.0 Å². The van der Waals surface area contributed by atoms with Crippen molar-refractivity contribution in [1.29, 1.82) is 0 Å². The van der Waals surface area contributed by atoms with E-state index in [4.69, 9.17) is 0 Å². The molecule has 0 aliphatic heterocycles. The summed E-state index contributed by atoms with van der Waals surface area (Å²) in [5, 5.41) is 3.25. The molecule has 2 aromatic rings. The maximum absolute atomic E-state index is 11.8. The molecule has 2 rings (SSSR count).